The SMILES string of the molecule is COc1cc(C#N)ccc1OC(=O)c1c(C)noc1C. The second kappa shape index (κ2) is 5.45. The highest BCUT2D eigenvalue weighted by Crippen LogP contribution is 2.29. The van der Waals surface area contributed by atoms with Crippen LogP contribution in [0.25, 0.3) is 0 Å². The van der Waals surface area contributed by atoms with E-state index >= 15 is 0 Å². The van der Waals surface area contributed by atoms with Gasteiger partial charge in [-0.2, -0.15) is 5.26 Å². The molecule has 6 nitrogen and oxygen atoms in total. The number of esters is 1. The molecule has 0 radical (unpaired) electrons. The van der Waals surface area contributed by atoms with E-state index in [1.54, 1.807) is 19.9 Å². The van der Waals surface area contributed by atoms with Gasteiger partial charge in [0.25, 0.3) is 0 Å². The van der Waals surface area contributed by atoms with Gasteiger partial charge in [0, 0.05) is 6.07 Å². The van der Waals surface area contributed by atoms with Gasteiger partial charge in [-0.05, 0) is 26.0 Å². The number of hydrogen-bond donors (Lipinski definition) is 0. The Morgan fingerprint density at radius 3 is 2.65 bits per heavy atom. The van der Waals surface area contributed by atoms with Crippen LogP contribution in [0.2, 0.25) is 0 Å². The molecule has 2 aromatic rings. The molecule has 0 aliphatic heterocycles. The summed E-state index contributed by atoms with van der Waals surface area (Å²) in [5, 5.41) is 12.5. The molecule has 102 valence electrons. The summed E-state index contributed by atoms with van der Waals surface area (Å²) in [6.07, 6.45) is 0. The molecule has 1 aromatic carbocycles. The zero-order valence-corrected chi connectivity index (χ0v) is 11.3. The molecule has 0 bridgehead atoms. The van der Waals surface area contributed by atoms with Gasteiger partial charge in [-0.15, -0.1) is 0 Å². The van der Waals surface area contributed by atoms with Gasteiger partial charge in [0.2, 0.25) is 0 Å². The molecule has 0 aliphatic carbocycles. The molecule has 0 N–H and O–H groups in total. The first-order valence-electron chi connectivity index (χ1n) is 5.80. The second-order valence-corrected chi connectivity index (χ2v) is 4.07. The average molecular weight is 272 g/mol. The molecule has 0 aliphatic rings. The molecule has 1 heterocycles. The highest BCUT2D eigenvalue weighted by atomic mass is 16.6. The molecule has 20 heavy (non-hydrogen) atoms. The summed E-state index contributed by atoms with van der Waals surface area (Å²) in [7, 11) is 1.43. The zero-order valence-electron chi connectivity index (χ0n) is 11.3. The van der Waals surface area contributed by atoms with E-state index < -0.39 is 5.97 Å². The number of aromatic nitrogens is 1. The summed E-state index contributed by atoms with van der Waals surface area (Å²) in [5.41, 5.74) is 1.16. The van der Waals surface area contributed by atoms with E-state index in [-0.39, 0.29) is 11.3 Å². The van der Waals surface area contributed by atoms with E-state index in [4.69, 9.17) is 19.3 Å². The van der Waals surface area contributed by atoms with Crippen LogP contribution in [0.1, 0.15) is 27.4 Å². The molecule has 2 rings (SSSR count). The first kappa shape index (κ1) is 13.6. The summed E-state index contributed by atoms with van der Waals surface area (Å²) < 4.78 is 15.3. The fourth-order valence-corrected chi connectivity index (χ4v) is 1.75. The van der Waals surface area contributed by atoms with Crippen molar-refractivity contribution in [3.05, 3.63) is 40.8 Å². The lowest BCUT2D eigenvalue weighted by atomic mass is 10.2. The van der Waals surface area contributed by atoms with E-state index in [1.165, 1.54) is 19.2 Å². The molecule has 6 heteroatoms. The first-order valence-corrected chi connectivity index (χ1v) is 5.80. The summed E-state index contributed by atoms with van der Waals surface area (Å²) >= 11 is 0. The average Bonchev–Trinajstić information content (AvgIpc) is 2.78. The van der Waals surface area contributed by atoms with Crippen molar-refractivity contribution in [2.75, 3.05) is 7.11 Å². The quantitative estimate of drug-likeness (QED) is 0.630. The van der Waals surface area contributed by atoms with E-state index in [1.807, 2.05) is 6.07 Å². The van der Waals surface area contributed by atoms with Crippen LogP contribution in [0.15, 0.2) is 22.7 Å². The minimum absolute atomic E-state index is 0.233. The number of nitriles is 1. The first-order chi connectivity index (χ1) is 9.56. The molecule has 0 saturated heterocycles. The smallest absolute Gasteiger partial charge is 0.349 e. The third-order valence-electron chi connectivity index (χ3n) is 2.73. The Kier molecular flexibility index (Phi) is 3.71. The molecule has 1 aromatic heterocycles. The van der Waals surface area contributed by atoms with Crippen LogP contribution < -0.4 is 9.47 Å². The minimum atomic E-state index is -0.579. The van der Waals surface area contributed by atoms with Crippen LogP contribution in [-0.2, 0) is 0 Å². The number of carbonyl (C=O) groups excluding carboxylic acids is 1. The molecule has 0 unspecified atom stereocenters. The van der Waals surface area contributed by atoms with Crippen molar-refractivity contribution in [2.24, 2.45) is 0 Å². The number of carbonyl (C=O) groups is 1. The van der Waals surface area contributed by atoms with Crippen LogP contribution >= 0.6 is 0 Å². The fraction of sp³-hybridized carbons (Fsp3) is 0.214. The standard InChI is InChI=1S/C14H12N2O4/c1-8-13(9(2)20-16-8)14(17)19-11-5-4-10(7-15)6-12(11)18-3/h4-6H,1-3H3. The maximum atomic E-state index is 12.1. The Hall–Kier alpha value is -2.81. The lowest BCUT2D eigenvalue weighted by Crippen LogP contribution is -2.11. The van der Waals surface area contributed by atoms with Crippen LogP contribution in [0.4, 0.5) is 0 Å². The zero-order chi connectivity index (χ0) is 14.7. The van der Waals surface area contributed by atoms with Crippen LogP contribution in [0.3, 0.4) is 0 Å². The number of nitrogens with zero attached hydrogens (tertiary/aromatic N) is 2. The van der Waals surface area contributed by atoms with E-state index in [0.717, 1.165) is 0 Å². The molecule has 0 amide bonds. The van der Waals surface area contributed by atoms with Crippen LogP contribution in [-0.4, -0.2) is 18.2 Å². The van der Waals surface area contributed by atoms with Crippen LogP contribution in [0.5, 0.6) is 11.5 Å². The summed E-state index contributed by atoms with van der Waals surface area (Å²) in [6, 6.07) is 6.53. The van der Waals surface area contributed by atoms with E-state index in [2.05, 4.69) is 5.16 Å². The van der Waals surface area contributed by atoms with Gasteiger partial charge in [0.15, 0.2) is 11.5 Å². The Balaban J connectivity index is 2.31. The fourth-order valence-electron chi connectivity index (χ4n) is 1.75. The maximum absolute atomic E-state index is 12.1. The summed E-state index contributed by atoms with van der Waals surface area (Å²) in [4.78, 5) is 12.1. The normalized spacial score (nSPS) is 9.90. The Bertz CT molecular complexity index is 678. The highest BCUT2D eigenvalue weighted by Gasteiger charge is 2.21. The molecule has 0 saturated carbocycles. The van der Waals surface area contributed by atoms with E-state index in [0.29, 0.717) is 22.8 Å². The maximum Gasteiger partial charge on any atom is 0.349 e. The van der Waals surface area contributed by atoms with Crippen molar-refractivity contribution in [3.63, 3.8) is 0 Å². The number of aryl methyl sites for hydroxylation is 2. The topological polar surface area (TPSA) is 85.4 Å². The second-order valence-electron chi connectivity index (χ2n) is 4.07. The molecule has 0 spiro atoms. The Morgan fingerprint density at radius 1 is 1.35 bits per heavy atom. The van der Waals surface area contributed by atoms with Gasteiger partial charge in [-0.3, -0.25) is 0 Å². The van der Waals surface area contributed by atoms with Gasteiger partial charge in [0.1, 0.15) is 11.3 Å². The summed E-state index contributed by atoms with van der Waals surface area (Å²) in [5.74, 6) is 0.352. The van der Waals surface area contributed by atoms with Gasteiger partial charge in [-0.1, -0.05) is 5.16 Å². The largest absolute Gasteiger partial charge is 0.493 e. The summed E-state index contributed by atoms with van der Waals surface area (Å²) in [6.45, 7) is 3.29. The van der Waals surface area contributed by atoms with Gasteiger partial charge >= 0.3 is 5.97 Å². The molecular weight excluding hydrogens is 260 g/mol. The molecule has 0 fully saturated rings. The van der Waals surface area contributed by atoms with Crippen molar-refractivity contribution in [2.45, 2.75) is 13.8 Å². The predicted molar refractivity (Wildman–Crippen MR) is 68.6 cm³/mol. The third kappa shape index (κ3) is 2.47. The number of methoxy groups -OCH3 is 1. The predicted octanol–water partition coefficient (Wildman–Crippen LogP) is 2.39. The monoisotopic (exact) mass is 272 g/mol. The number of benzene rings is 1. The van der Waals surface area contributed by atoms with E-state index in [9.17, 15) is 4.79 Å². The lowest BCUT2D eigenvalue weighted by Gasteiger charge is -2.09. The van der Waals surface area contributed by atoms with Crippen molar-refractivity contribution in [1.29, 1.82) is 5.26 Å². The number of hydrogen-bond acceptors (Lipinski definition) is 6. The molecular formula is C14H12N2O4. The van der Waals surface area contributed by atoms with Crippen molar-refractivity contribution >= 4 is 5.97 Å². The van der Waals surface area contributed by atoms with Gasteiger partial charge < -0.3 is 14.0 Å². The number of rotatable bonds is 3. The minimum Gasteiger partial charge on any atom is -0.493 e. The highest BCUT2D eigenvalue weighted by molar-refractivity contribution is 5.93. The lowest BCUT2D eigenvalue weighted by molar-refractivity contribution is 0.0727. The Labute approximate surface area is 115 Å². The van der Waals surface area contributed by atoms with Gasteiger partial charge in [0.05, 0.1) is 24.4 Å². The van der Waals surface area contributed by atoms with Crippen LogP contribution in [0, 0.1) is 25.2 Å². The number of ether oxygens (including phenoxy) is 2. The van der Waals surface area contributed by atoms with Crippen molar-refractivity contribution in [3.8, 4) is 17.6 Å². The van der Waals surface area contributed by atoms with Crippen molar-refractivity contribution in [1.82, 2.24) is 5.16 Å². The third-order valence-corrected chi connectivity index (χ3v) is 2.73. The van der Waals surface area contributed by atoms with Gasteiger partial charge in [-0.25, -0.2) is 4.79 Å². The molecule has 0 atom stereocenters. The Morgan fingerprint density at radius 2 is 2.10 bits per heavy atom. The van der Waals surface area contributed by atoms with Crippen molar-refractivity contribution < 1.29 is 18.8 Å².